The number of anilines is 2. The van der Waals surface area contributed by atoms with E-state index >= 15 is 0 Å². The lowest BCUT2D eigenvalue weighted by atomic mass is 10.2. The maximum absolute atomic E-state index is 12.2. The minimum Gasteiger partial charge on any atom is -0.411 e. The van der Waals surface area contributed by atoms with E-state index in [2.05, 4.69) is 39.2 Å². The highest BCUT2D eigenvalue weighted by atomic mass is 35.5. The van der Waals surface area contributed by atoms with Gasteiger partial charge in [-0.05, 0) is 50.6 Å². The maximum Gasteiger partial charge on any atom is 0.277 e. The number of amides is 1. The van der Waals surface area contributed by atoms with Crippen molar-refractivity contribution in [2.45, 2.75) is 26.0 Å². The summed E-state index contributed by atoms with van der Waals surface area (Å²) >= 11 is 13.3. The van der Waals surface area contributed by atoms with Crippen LogP contribution in [0.15, 0.2) is 40.1 Å². The number of hydrogen-bond acceptors (Lipinski definition) is 7. The molecule has 0 atom stereocenters. The topological polar surface area (TPSA) is 84.2 Å². The molecule has 0 saturated heterocycles. The van der Waals surface area contributed by atoms with Crippen LogP contribution in [0.4, 0.5) is 11.5 Å². The van der Waals surface area contributed by atoms with Crippen LogP contribution in [0.5, 0.6) is 0 Å². The van der Waals surface area contributed by atoms with Gasteiger partial charge in [0.1, 0.15) is 0 Å². The van der Waals surface area contributed by atoms with Gasteiger partial charge in [-0.25, -0.2) is 4.98 Å². The van der Waals surface area contributed by atoms with Gasteiger partial charge in [0.05, 0.1) is 15.8 Å². The summed E-state index contributed by atoms with van der Waals surface area (Å²) in [6.07, 6.45) is 1.45. The normalized spacial score (nSPS) is 10.8. The van der Waals surface area contributed by atoms with Crippen LogP contribution in [-0.2, 0) is 4.79 Å². The summed E-state index contributed by atoms with van der Waals surface area (Å²) in [5.41, 5.74) is 2.62. The fourth-order valence-electron chi connectivity index (χ4n) is 2.73. The predicted molar refractivity (Wildman–Crippen MR) is 122 cm³/mol. The molecule has 2 heterocycles. The van der Waals surface area contributed by atoms with Crippen molar-refractivity contribution in [3.63, 3.8) is 0 Å². The Morgan fingerprint density at radius 2 is 1.87 bits per heavy atom. The highest BCUT2D eigenvalue weighted by Crippen LogP contribution is 2.29. The molecule has 2 aromatic heterocycles. The quantitative estimate of drug-likeness (QED) is 0.450. The van der Waals surface area contributed by atoms with Gasteiger partial charge in [0.2, 0.25) is 11.8 Å². The van der Waals surface area contributed by atoms with E-state index in [9.17, 15) is 4.79 Å². The average molecular weight is 466 g/mol. The Balaban J connectivity index is 1.59. The third kappa shape index (κ3) is 5.24. The molecule has 158 valence electrons. The lowest BCUT2D eigenvalue weighted by Gasteiger charge is -2.20. The zero-order chi connectivity index (χ0) is 21.7. The van der Waals surface area contributed by atoms with Crippen LogP contribution in [0.2, 0.25) is 10.0 Å². The molecule has 3 aromatic rings. The van der Waals surface area contributed by atoms with Crippen molar-refractivity contribution < 1.29 is 9.21 Å². The Hall–Kier alpha value is -2.29. The molecule has 0 fully saturated rings. The molecule has 0 radical (unpaired) electrons. The van der Waals surface area contributed by atoms with Gasteiger partial charge in [-0.3, -0.25) is 4.79 Å². The van der Waals surface area contributed by atoms with Gasteiger partial charge in [0, 0.05) is 30.5 Å². The zero-order valence-corrected chi connectivity index (χ0v) is 19.1. The van der Waals surface area contributed by atoms with Crippen molar-refractivity contribution in [3.05, 3.63) is 46.1 Å². The van der Waals surface area contributed by atoms with Gasteiger partial charge >= 0.3 is 0 Å². The van der Waals surface area contributed by atoms with E-state index < -0.39 is 0 Å². The molecular formula is C20H21Cl2N5O2S. The smallest absolute Gasteiger partial charge is 0.277 e. The number of carbonyl (C=O) groups excluding carboxylic acids is 1. The van der Waals surface area contributed by atoms with Gasteiger partial charge in [0.15, 0.2) is 5.82 Å². The van der Waals surface area contributed by atoms with Crippen LogP contribution in [0, 0.1) is 6.92 Å². The number of thioether (sulfide) groups is 1. The highest BCUT2D eigenvalue weighted by molar-refractivity contribution is 7.99. The molecule has 0 aliphatic heterocycles. The van der Waals surface area contributed by atoms with E-state index in [-0.39, 0.29) is 17.5 Å². The van der Waals surface area contributed by atoms with Crippen molar-refractivity contribution in [1.82, 2.24) is 15.2 Å². The number of pyridine rings is 1. The molecule has 0 aliphatic carbocycles. The Labute approximate surface area is 189 Å². The summed E-state index contributed by atoms with van der Waals surface area (Å²) < 4.78 is 5.67. The Bertz CT molecular complexity index is 1020. The second kappa shape index (κ2) is 10.1. The number of rotatable bonds is 8. The van der Waals surface area contributed by atoms with Crippen LogP contribution >= 0.6 is 35.0 Å². The third-order valence-corrected chi connectivity index (χ3v) is 6.10. The van der Waals surface area contributed by atoms with Crippen LogP contribution in [0.25, 0.3) is 11.5 Å². The highest BCUT2D eigenvalue weighted by Gasteiger charge is 2.14. The number of benzene rings is 1. The number of halogens is 2. The first-order valence-electron chi connectivity index (χ1n) is 9.35. The minimum absolute atomic E-state index is 0.0716. The van der Waals surface area contributed by atoms with Crippen molar-refractivity contribution >= 4 is 52.4 Å². The second-order valence-corrected chi connectivity index (χ2v) is 8.03. The van der Waals surface area contributed by atoms with Crippen molar-refractivity contribution in [2.24, 2.45) is 0 Å². The summed E-state index contributed by atoms with van der Waals surface area (Å²) in [7, 11) is 0. The fourth-order valence-corrected chi connectivity index (χ4v) is 3.68. The van der Waals surface area contributed by atoms with Gasteiger partial charge < -0.3 is 14.6 Å². The number of nitrogens with zero attached hydrogens (tertiary/aromatic N) is 4. The molecule has 7 nitrogen and oxygen atoms in total. The summed E-state index contributed by atoms with van der Waals surface area (Å²) in [6, 6.07) is 7.94. The van der Waals surface area contributed by atoms with Crippen molar-refractivity contribution in [3.8, 4) is 11.5 Å². The first kappa shape index (κ1) is 22.4. The summed E-state index contributed by atoms with van der Waals surface area (Å²) in [5, 5.41) is 11.8. The molecule has 3 rings (SSSR count). The lowest BCUT2D eigenvalue weighted by molar-refractivity contribution is -0.113. The predicted octanol–water partition coefficient (Wildman–Crippen LogP) is 5.32. The summed E-state index contributed by atoms with van der Waals surface area (Å²) in [5.74, 6) is 0.451. The molecule has 0 saturated carbocycles. The monoisotopic (exact) mass is 465 g/mol. The lowest BCUT2D eigenvalue weighted by Crippen LogP contribution is -2.21. The number of carbonyl (C=O) groups is 1. The van der Waals surface area contributed by atoms with E-state index in [1.54, 1.807) is 6.92 Å². The number of hydrogen-bond donors (Lipinski definition) is 1. The first-order chi connectivity index (χ1) is 14.4. The number of aromatic nitrogens is 3. The molecule has 10 heteroatoms. The number of nitrogens with one attached hydrogen (secondary N) is 1. The molecular weight excluding hydrogens is 445 g/mol. The van der Waals surface area contributed by atoms with Crippen LogP contribution in [0.3, 0.4) is 0 Å². The zero-order valence-electron chi connectivity index (χ0n) is 16.8. The largest absolute Gasteiger partial charge is 0.411 e. The Morgan fingerprint density at radius 1 is 1.17 bits per heavy atom. The first-order valence-corrected chi connectivity index (χ1v) is 11.1. The van der Waals surface area contributed by atoms with E-state index in [1.165, 1.54) is 6.20 Å². The molecule has 1 aromatic carbocycles. The molecule has 1 N–H and O–H groups in total. The standard InChI is InChI=1S/C20H21Cl2N5O2S/c1-4-27(5-2)14-8-6-13(7-9-14)19-25-26-20(29-19)30-11-16(28)24-18-17(22)12(3)15(21)10-23-18/h6-10H,4-5,11H2,1-3H3,(H,23,24,28). The summed E-state index contributed by atoms with van der Waals surface area (Å²) in [6.45, 7) is 7.87. The third-order valence-electron chi connectivity index (χ3n) is 4.44. The maximum atomic E-state index is 12.2. The van der Waals surface area contributed by atoms with Gasteiger partial charge in [0.25, 0.3) is 5.22 Å². The van der Waals surface area contributed by atoms with Crippen LogP contribution in [0.1, 0.15) is 19.4 Å². The van der Waals surface area contributed by atoms with Crippen LogP contribution in [-0.4, -0.2) is 39.9 Å². The Kier molecular flexibility index (Phi) is 7.58. The molecule has 0 aliphatic rings. The summed E-state index contributed by atoms with van der Waals surface area (Å²) in [4.78, 5) is 18.5. The Morgan fingerprint density at radius 3 is 2.53 bits per heavy atom. The molecule has 0 bridgehead atoms. The van der Waals surface area contributed by atoms with Crippen molar-refractivity contribution in [2.75, 3.05) is 29.1 Å². The van der Waals surface area contributed by atoms with Gasteiger partial charge in [-0.15, -0.1) is 10.2 Å². The van der Waals surface area contributed by atoms with Gasteiger partial charge in [-0.1, -0.05) is 35.0 Å². The van der Waals surface area contributed by atoms with Crippen LogP contribution < -0.4 is 10.2 Å². The molecule has 0 spiro atoms. The van der Waals surface area contributed by atoms with E-state index in [1.807, 2.05) is 24.3 Å². The van der Waals surface area contributed by atoms with Gasteiger partial charge in [-0.2, -0.15) is 0 Å². The van der Waals surface area contributed by atoms with E-state index in [0.29, 0.717) is 26.7 Å². The fraction of sp³-hybridized carbons (Fsp3) is 0.300. The van der Waals surface area contributed by atoms with Crippen molar-refractivity contribution in [1.29, 1.82) is 0 Å². The molecule has 0 unspecified atom stereocenters. The minimum atomic E-state index is -0.292. The van der Waals surface area contributed by atoms with E-state index in [0.717, 1.165) is 36.1 Å². The molecule has 1 amide bonds. The SMILES string of the molecule is CCN(CC)c1ccc(-c2nnc(SCC(=O)Nc3ncc(Cl)c(C)c3Cl)o2)cc1. The molecule has 30 heavy (non-hydrogen) atoms. The second-order valence-electron chi connectivity index (χ2n) is 6.32. The average Bonchev–Trinajstić information content (AvgIpc) is 3.23. The van der Waals surface area contributed by atoms with E-state index in [4.69, 9.17) is 27.6 Å².